The zero-order chi connectivity index (χ0) is 16.1. The molecule has 0 atom stereocenters. The molecule has 0 spiro atoms. The number of allylic oxidation sites excluding steroid dienone is 2. The lowest BCUT2D eigenvalue weighted by Gasteiger charge is -2.39. The van der Waals surface area contributed by atoms with E-state index in [1.54, 1.807) is 14.2 Å². The fourth-order valence-corrected chi connectivity index (χ4v) is 3.16. The normalized spacial score (nSPS) is 16.0. The molecule has 0 bridgehead atoms. The molecule has 4 heteroatoms. The number of carbonyl (C=O) groups is 1. The van der Waals surface area contributed by atoms with E-state index in [9.17, 15) is 4.79 Å². The maximum Gasteiger partial charge on any atom is 0.251 e. The third-order valence-corrected chi connectivity index (χ3v) is 3.67. The second-order valence-corrected chi connectivity index (χ2v) is 6.95. The lowest BCUT2D eigenvalue weighted by Crippen LogP contribution is -2.49. The van der Waals surface area contributed by atoms with Crippen molar-refractivity contribution >= 4 is 5.91 Å². The molecule has 1 rings (SSSR count). The highest BCUT2D eigenvalue weighted by atomic mass is 16.7. The molecule has 1 N–H and O–H groups in total. The summed E-state index contributed by atoms with van der Waals surface area (Å²) < 4.78 is 10.7. The SMILES string of the molecule is COC(OC)C(C)(C)CC(C)(C)NC(=O)C1=CCCC=C1. The Kier molecular flexibility index (Phi) is 6.17. The fourth-order valence-electron chi connectivity index (χ4n) is 3.16. The number of hydrogen-bond donors (Lipinski definition) is 1. The summed E-state index contributed by atoms with van der Waals surface area (Å²) in [5.41, 5.74) is 0.196. The Labute approximate surface area is 128 Å². The molecule has 0 radical (unpaired) electrons. The lowest BCUT2D eigenvalue weighted by atomic mass is 9.79. The molecule has 0 aromatic carbocycles. The fraction of sp³-hybridized carbons (Fsp3) is 0.706. The minimum Gasteiger partial charge on any atom is -0.355 e. The lowest BCUT2D eigenvalue weighted by molar-refractivity contribution is -0.174. The molecule has 0 unspecified atom stereocenters. The van der Waals surface area contributed by atoms with Gasteiger partial charge in [-0.2, -0.15) is 0 Å². The Morgan fingerprint density at radius 3 is 2.33 bits per heavy atom. The Morgan fingerprint density at radius 1 is 1.24 bits per heavy atom. The Morgan fingerprint density at radius 2 is 1.86 bits per heavy atom. The van der Waals surface area contributed by atoms with E-state index in [-0.39, 0.29) is 23.2 Å². The molecular formula is C17H29NO3. The predicted octanol–water partition coefficient (Wildman–Crippen LogP) is 3.19. The van der Waals surface area contributed by atoms with Gasteiger partial charge >= 0.3 is 0 Å². The molecule has 0 heterocycles. The number of carbonyl (C=O) groups excluding carboxylic acids is 1. The van der Waals surface area contributed by atoms with E-state index in [1.807, 2.05) is 32.1 Å². The van der Waals surface area contributed by atoms with E-state index in [1.165, 1.54) is 0 Å². The van der Waals surface area contributed by atoms with Crippen LogP contribution in [0.15, 0.2) is 23.8 Å². The number of amides is 1. The third kappa shape index (κ3) is 5.29. The monoisotopic (exact) mass is 295 g/mol. The average molecular weight is 295 g/mol. The number of methoxy groups -OCH3 is 2. The van der Waals surface area contributed by atoms with E-state index < -0.39 is 0 Å². The molecule has 4 nitrogen and oxygen atoms in total. The maximum atomic E-state index is 12.3. The first-order chi connectivity index (χ1) is 9.72. The second kappa shape index (κ2) is 7.23. The summed E-state index contributed by atoms with van der Waals surface area (Å²) in [6, 6.07) is 0. The highest BCUT2D eigenvalue weighted by molar-refractivity contribution is 5.96. The van der Waals surface area contributed by atoms with Gasteiger partial charge in [-0.1, -0.05) is 32.1 Å². The van der Waals surface area contributed by atoms with Gasteiger partial charge in [0, 0.05) is 30.7 Å². The van der Waals surface area contributed by atoms with Crippen LogP contribution < -0.4 is 5.32 Å². The van der Waals surface area contributed by atoms with Crippen LogP contribution in [0.25, 0.3) is 0 Å². The van der Waals surface area contributed by atoms with Crippen molar-refractivity contribution in [1.29, 1.82) is 0 Å². The van der Waals surface area contributed by atoms with E-state index >= 15 is 0 Å². The smallest absolute Gasteiger partial charge is 0.251 e. The third-order valence-electron chi connectivity index (χ3n) is 3.67. The number of hydrogen-bond acceptors (Lipinski definition) is 3. The van der Waals surface area contributed by atoms with Gasteiger partial charge in [0.05, 0.1) is 0 Å². The van der Waals surface area contributed by atoms with Crippen molar-refractivity contribution in [2.45, 2.75) is 58.8 Å². The molecule has 120 valence electrons. The number of nitrogens with one attached hydrogen (secondary N) is 1. The first kappa shape index (κ1) is 17.9. The summed E-state index contributed by atoms with van der Waals surface area (Å²) in [6.45, 7) is 8.22. The van der Waals surface area contributed by atoms with E-state index in [2.05, 4.69) is 19.2 Å². The van der Waals surface area contributed by atoms with Gasteiger partial charge in [-0.25, -0.2) is 0 Å². The van der Waals surface area contributed by atoms with Crippen LogP contribution in [-0.2, 0) is 14.3 Å². The van der Waals surface area contributed by atoms with Crippen molar-refractivity contribution in [2.75, 3.05) is 14.2 Å². The summed E-state index contributed by atoms with van der Waals surface area (Å²) >= 11 is 0. The van der Waals surface area contributed by atoms with Gasteiger partial charge in [-0.05, 0) is 33.1 Å². The summed E-state index contributed by atoms with van der Waals surface area (Å²) in [5, 5.41) is 3.12. The predicted molar refractivity (Wildman–Crippen MR) is 84.9 cm³/mol. The summed E-state index contributed by atoms with van der Waals surface area (Å²) in [7, 11) is 3.28. The Balaban J connectivity index is 2.70. The molecule has 1 amide bonds. The Bertz CT molecular complexity index is 418. The van der Waals surface area contributed by atoms with Crippen LogP contribution in [0.5, 0.6) is 0 Å². The number of rotatable bonds is 7. The van der Waals surface area contributed by atoms with Gasteiger partial charge in [0.25, 0.3) is 5.91 Å². The van der Waals surface area contributed by atoms with Crippen molar-refractivity contribution in [3.05, 3.63) is 23.8 Å². The van der Waals surface area contributed by atoms with Crippen molar-refractivity contribution in [3.63, 3.8) is 0 Å². The molecule has 0 saturated carbocycles. The average Bonchev–Trinajstić information content (AvgIpc) is 2.38. The molecule has 0 aromatic heterocycles. The molecule has 0 saturated heterocycles. The first-order valence-corrected chi connectivity index (χ1v) is 7.46. The van der Waals surface area contributed by atoms with Gasteiger partial charge in [-0.3, -0.25) is 4.79 Å². The van der Waals surface area contributed by atoms with Crippen LogP contribution in [-0.4, -0.2) is 32.0 Å². The van der Waals surface area contributed by atoms with Crippen LogP contribution >= 0.6 is 0 Å². The molecule has 1 aliphatic carbocycles. The van der Waals surface area contributed by atoms with Crippen molar-refractivity contribution in [2.24, 2.45) is 5.41 Å². The summed E-state index contributed by atoms with van der Waals surface area (Å²) in [6.07, 6.45) is 8.31. The number of ether oxygens (including phenoxy) is 2. The van der Waals surface area contributed by atoms with Crippen LogP contribution in [0.2, 0.25) is 0 Å². The Hall–Kier alpha value is -1.13. The quantitative estimate of drug-likeness (QED) is 0.734. The van der Waals surface area contributed by atoms with Crippen molar-refractivity contribution in [3.8, 4) is 0 Å². The van der Waals surface area contributed by atoms with Crippen LogP contribution in [0.1, 0.15) is 47.0 Å². The topological polar surface area (TPSA) is 47.6 Å². The van der Waals surface area contributed by atoms with Crippen LogP contribution in [0, 0.1) is 5.41 Å². The van der Waals surface area contributed by atoms with E-state index in [4.69, 9.17) is 9.47 Å². The summed E-state index contributed by atoms with van der Waals surface area (Å²) in [4.78, 5) is 12.3. The minimum atomic E-state index is -0.345. The molecule has 1 aliphatic rings. The van der Waals surface area contributed by atoms with Gasteiger partial charge in [0.1, 0.15) is 0 Å². The van der Waals surface area contributed by atoms with Gasteiger partial charge in [0.2, 0.25) is 0 Å². The van der Waals surface area contributed by atoms with Gasteiger partial charge < -0.3 is 14.8 Å². The molecule has 0 fully saturated rings. The molecule has 0 aliphatic heterocycles. The largest absolute Gasteiger partial charge is 0.355 e. The van der Waals surface area contributed by atoms with Crippen LogP contribution in [0.4, 0.5) is 0 Å². The zero-order valence-corrected chi connectivity index (χ0v) is 14.2. The molecule has 21 heavy (non-hydrogen) atoms. The molecular weight excluding hydrogens is 266 g/mol. The maximum absolute atomic E-state index is 12.3. The van der Waals surface area contributed by atoms with Crippen molar-refractivity contribution in [1.82, 2.24) is 5.32 Å². The second-order valence-electron chi connectivity index (χ2n) is 6.95. The van der Waals surface area contributed by atoms with Gasteiger partial charge in [0.15, 0.2) is 6.29 Å². The van der Waals surface area contributed by atoms with Gasteiger partial charge in [-0.15, -0.1) is 0 Å². The van der Waals surface area contributed by atoms with Crippen molar-refractivity contribution < 1.29 is 14.3 Å². The first-order valence-electron chi connectivity index (χ1n) is 7.46. The van der Waals surface area contributed by atoms with E-state index in [0.29, 0.717) is 0 Å². The zero-order valence-electron chi connectivity index (χ0n) is 14.2. The molecule has 0 aromatic rings. The van der Waals surface area contributed by atoms with E-state index in [0.717, 1.165) is 24.8 Å². The standard InChI is InChI=1S/C17H29NO3/c1-16(2,15(20-5)21-6)12-17(3,4)18-14(19)13-10-8-7-9-11-13/h8,10-11,15H,7,9,12H2,1-6H3,(H,18,19). The van der Waals surface area contributed by atoms with Crippen LogP contribution in [0.3, 0.4) is 0 Å². The summed E-state index contributed by atoms with van der Waals surface area (Å²) in [5.74, 6) is -0.0156. The highest BCUT2D eigenvalue weighted by Gasteiger charge is 2.36. The minimum absolute atomic E-state index is 0.0156. The highest BCUT2D eigenvalue weighted by Crippen LogP contribution is 2.33.